The summed E-state index contributed by atoms with van der Waals surface area (Å²) in [7, 11) is -2.09. The Morgan fingerprint density at radius 2 is 1.89 bits per heavy atom. The highest BCUT2D eigenvalue weighted by molar-refractivity contribution is 7.89. The smallest absolute Gasteiger partial charge is 0.321 e. The van der Waals surface area contributed by atoms with Crippen LogP contribution in [0.3, 0.4) is 0 Å². The molecule has 0 saturated carbocycles. The number of amides is 2. The van der Waals surface area contributed by atoms with E-state index in [9.17, 15) is 13.2 Å². The summed E-state index contributed by atoms with van der Waals surface area (Å²) >= 11 is 0. The first kappa shape index (κ1) is 14.5. The lowest BCUT2D eigenvalue weighted by molar-refractivity contribution is 0.247. The number of nitrogens with zero attached hydrogens (tertiary/aromatic N) is 1. The van der Waals surface area contributed by atoms with E-state index in [1.807, 2.05) is 6.92 Å². The lowest BCUT2D eigenvalue weighted by atomic mass is 10.3. The first-order valence-corrected chi connectivity index (χ1v) is 7.05. The predicted molar refractivity (Wildman–Crippen MR) is 69.9 cm³/mol. The molecular weight excluding hydrogens is 254 g/mol. The summed E-state index contributed by atoms with van der Waals surface area (Å²) in [6, 6.07) is 5.57. The lowest BCUT2D eigenvalue weighted by Crippen LogP contribution is -2.37. The molecule has 2 amide bonds. The summed E-state index contributed by atoms with van der Waals surface area (Å²) in [6.45, 7) is 2.56. The Balaban J connectivity index is 2.82. The SMILES string of the molecule is CCCNC(=O)N(C)c1ccc(S(N)(=O)=O)cc1. The molecule has 1 aromatic carbocycles. The van der Waals surface area contributed by atoms with Crippen molar-refractivity contribution in [2.45, 2.75) is 18.2 Å². The highest BCUT2D eigenvalue weighted by Crippen LogP contribution is 2.16. The molecule has 0 radical (unpaired) electrons. The van der Waals surface area contributed by atoms with Gasteiger partial charge in [0, 0.05) is 19.3 Å². The third kappa shape index (κ3) is 3.71. The van der Waals surface area contributed by atoms with Gasteiger partial charge in [-0.3, -0.25) is 4.90 Å². The van der Waals surface area contributed by atoms with E-state index in [4.69, 9.17) is 5.14 Å². The molecule has 0 saturated heterocycles. The van der Waals surface area contributed by atoms with E-state index < -0.39 is 10.0 Å². The normalized spacial score (nSPS) is 11.1. The van der Waals surface area contributed by atoms with E-state index in [0.29, 0.717) is 12.2 Å². The van der Waals surface area contributed by atoms with Crippen molar-refractivity contribution in [2.75, 3.05) is 18.5 Å². The molecule has 0 spiro atoms. The number of hydrogen-bond donors (Lipinski definition) is 2. The van der Waals surface area contributed by atoms with Gasteiger partial charge in [-0.15, -0.1) is 0 Å². The second-order valence-electron chi connectivity index (χ2n) is 3.83. The number of nitrogens with two attached hydrogens (primary N) is 1. The summed E-state index contributed by atoms with van der Waals surface area (Å²) in [4.78, 5) is 13.1. The first-order valence-electron chi connectivity index (χ1n) is 5.50. The van der Waals surface area contributed by atoms with Gasteiger partial charge in [0.25, 0.3) is 0 Å². The van der Waals surface area contributed by atoms with Gasteiger partial charge >= 0.3 is 6.03 Å². The molecule has 0 aromatic heterocycles. The summed E-state index contributed by atoms with van der Waals surface area (Å²) < 4.78 is 22.1. The average Bonchev–Trinajstić information content (AvgIpc) is 2.34. The Labute approximate surface area is 107 Å². The number of anilines is 1. The molecule has 18 heavy (non-hydrogen) atoms. The maximum absolute atomic E-state index is 11.7. The number of primary sulfonamides is 1. The van der Waals surface area contributed by atoms with Crippen LogP contribution in [0.2, 0.25) is 0 Å². The van der Waals surface area contributed by atoms with Crippen molar-refractivity contribution in [3.8, 4) is 0 Å². The van der Waals surface area contributed by atoms with E-state index in [-0.39, 0.29) is 10.9 Å². The topological polar surface area (TPSA) is 92.5 Å². The second kappa shape index (κ2) is 5.83. The van der Waals surface area contributed by atoms with Gasteiger partial charge in [0.1, 0.15) is 0 Å². The van der Waals surface area contributed by atoms with Crippen molar-refractivity contribution in [3.05, 3.63) is 24.3 Å². The van der Waals surface area contributed by atoms with E-state index >= 15 is 0 Å². The summed E-state index contributed by atoms with van der Waals surface area (Å²) in [5.74, 6) is 0. The van der Waals surface area contributed by atoms with E-state index in [1.165, 1.54) is 29.2 Å². The molecule has 7 heteroatoms. The van der Waals surface area contributed by atoms with Gasteiger partial charge in [0.2, 0.25) is 10.0 Å². The maximum atomic E-state index is 11.7. The van der Waals surface area contributed by atoms with Crippen molar-refractivity contribution in [3.63, 3.8) is 0 Å². The molecule has 0 unspecified atom stereocenters. The van der Waals surface area contributed by atoms with Crippen LogP contribution in [-0.4, -0.2) is 28.0 Å². The Morgan fingerprint density at radius 3 is 2.33 bits per heavy atom. The Hall–Kier alpha value is -1.60. The quantitative estimate of drug-likeness (QED) is 0.851. The maximum Gasteiger partial charge on any atom is 0.321 e. The van der Waals surface area contributed by atoms with Crippen LogP contribution >= 0.6 is 0 Å². The Bertz CT molecular complexity index is 511. The predicted octanol–water partition coefficient (Wildman–Crippen LogP) is 0.890. The summed E-state index contributed by atoms with van der Waals surface area (Å²) in [5, 5.41) is 7.71. The molecule has 6 nitrogen and oxygen atoms in total. The molecule has 0 aliphatic heterocycles. The van der Waals surface area contributed by atoms with Crippen molar-refractivity contribution >= 4 is 21.7 Å². The van der Waals surface area contributed by atoms with Crippen LogP contribution in [0.25, 0.3) is 0 Å². The number of urea groups is 1. The van der Waals surface area contributed by atoms with Gasteiger partial charge in [0.15, 0.2) is 0 Å². The highest BCUT2D eigenvalue weighted by Gasteiger charge is 2.12. The van der Waals surface area contributed by atoms with Crippen molar-refractivity contribution in [1.82, 2.24) is 5.32 Å². The third-order valence-corrected chi connectivity index (χ3v) is 3.31. The standard InChI is InChI=1S/C11H17N3O3S/c1-3-8-13-11(15)14(2)9-4-6-10(7-5-9)18(12,16)17/h4-7H,3,8H2,1-2H3,(H,13,15)(H2,12,16,17). The molecular formula is C11H17N3O3S. The largest absolute Gasteiger partial charge is 0.338 e. The number of carbonyl (C=O) groups excluding carboxylic acids is 1. The van der Waals surface area contributed by atoms with Crippen molar-refractivity contribution < 1.29 is 13.2 Å². The number of rotatable bonds is 4. The first-order chi connectivity index (χ1) is 8.36. The van der Waals surface area contributed by atoms with Gasteiger partial charge in [-0.2, -0.15) is 0 Å². The van der Waals surface area contributed by atoms with Gasteiger partial charge in [-0.1, -0.05) is 6.92 Å². The molecule has 0 fully saturated rings. The zero-order valence-corrected chi connectivity index (χ0v) is 11.2. The second-order valence-corrected chi connectivity index (χ2v) is 5.39. The molecule has 0 atom stereocenters. The van der Waals surface area contributed by atoms with E-state index in [1.54, 1.807) is 7.05 Å². The molecule has 3 N–H and O–H groups in total. The van der Waals surface area contributed by atoms with Crippen LogP contribution in [0, 0.1) is 0 Å². The van der Waals surface area contributed by atoms with Gasteiger partial charge in [-0.05, 0) is 30.7 Å². The van der Waals surface area contributed by atoms with Gasteiger partial charge in [-0.25, -0.2) is 18.4 Å². The highest BCUT2D eigenvalue weighted by atomic mass is 32.2. The van der Waals surface area contributed by atoms with Crippen LogP contribution in [0.15, 0.2) is 29.2 Å². The summed E-state index contributed by atoms with van der Waals surface area (Å²) in [6.07, 6.45) is 0.851. The number of hydrogen-bond acceptors (Lipinski definition) is 3. The van der Waals surface area contributed by atoms with Crippen LogP contribution in [0.5, 0.6) is 0 Å². The van der Waals surface area contributed by atoms with Crippen LogP contribution in [0.1, 0.15) is 13.3 Å². The van der Waals surface area contributed by atoms with Crippen molar-refractivity contribution in [1.29, 1.82) is 0 Å². The zero-order valence-electron chi connectivity index (χ0n) is 10.4. The number of benzene rings is 1. The number of nitrogens with one attached hydrogen (secondary N) is 1. The molecule has 1 rings (SSSR count). The lowest BCUT2D eigenvalue weighted by Gasteiger charge is -2.18. The van der Waals surface area contributed by atoms with E-state index in [0.717, 1.165) is 6.42 Å². The minimum absolute atomic E-state index is 0.0219. The molecule has 0 aliphatic rings. The molecule has 0 bridgehead atoms. The fourth-order valence-corrected chi connectivity index (χ4v) is 1.84. The van der Waals surface area contributed by atoms with Gasteiger partial charge < -0.3 is 5.32 Å². The Morgan fingerprint density at radius 1 is 1.33 bits per heavy atom. The monoisotopic (exact) mass is 271 g/mol. The summed E-state index contributed by atoms with van der Waals surface area (Å²) in [5.41, 5.74) is 0.594. The molecule has 0 aliphatic carbocycles. The fraction of sp³-hybridized carbons (Fsp3) is 0.364. The molecule has 100 valence electrons. The number of carbonyl (C=O) groups is 1. The average molecular weight is 271 g/mol. The third-order valence-electron chi connectivity index (χ3n) is 2.38. The minimum Gasteiger partial charge on any atom is -0.338 e. The number of sulfonamides is 1. The van der Waals surface area contributed by atoms with E-state index in [2.05, 4.69) is 5.32 Å². The van der Waals surface area contributed by atoms with Crippen LogP contribution < -0.4 is 15.4 Å². The Kier molecular flexibility index (Phi) is 4.69. The fourth-order valence-electron chi connectivity index (χ4n) is 1.33. The molecule has 0 heterocycles. The zero-order chi connectivity index (χ0) is 13.8. The van der Waals surface area contributed by atoms with Gasteiger partial charge in [0.05, 0.1) is 4.90 Å². The minimum atomic E-state index is -3.70. The van der Waals surface area contributed by atoms with Crippen molar-refractivity contribution in [2.24, 2.45) is 5.14 Å². The molecule has 1 aromatic rings. The van der Waals surface area contributed by atoms with Crippen LogP contribution in [-0.2, 0) is 10.0 Å². The van der Waals surface area contributed by atoms with Crippen LogP contribution in [0.4, 0.5) is 10.5 Å².